The van der Waals surface area contributed by atoms with Crippen molar-refractivity contribution in [2.45, 2.75) is 4.90 Å². The van der Waals surface area contributed by atoms with Crippen LogP contribution in [0.1, 0.15) is 0 Å². The molecule has 0 aliphatic carbocycles. The highest BCUT2D eigenvalue weighted by Crippen LogP contribution is 2.21. The molecule has 1 saturated heterocycles. The van der Waals surface area contributed by atoms with E-state index in [1.54, 1.807) is 7.11 Å². The van der Waals surface area contributed by atoms with Crippen LogP contribution in [-0.2, 0) is 14.8 Å². The quantitative estimate of drug-likeness (QED) is 0.827. The lowest BCUT2D eigenvalue weighted by Crippen LogP contribution is -2.49. The fourth-order valence-electron chi connectivity index (χ4n) is 2.65. The van der Waals surface area contributed by atoms with Gasteiger partial charge in [0.15, 0.2) is 5.58 Å². The predicted octanol–water partition coefficient (Wildman–Crippen LogP) is 0.0738. The van der Waals surface area contributed by atoms with E-state index in [0.29, 0.717) is 43.9 Å². The Kier molecular flexibility index (Phi) is 4.53. The van der Waals surface area contributed by atoms with Gasteiger partial charge >= 0.3 is 5.76 Å². The number of nitrogens with zero attached hydrogens (tertiary/aromatic N) is 2. The second-order valence-corrected chi connectivity index (χ2v) is 7.35. The number of piperazine rings is 1. The van der Waals surface area contributed by atoms with Crippen molar-refractivity contribution in [3.05, 3.63) is 28.7 Å². The first-order valence-electron chi connectivity index (χ1n) is 7.35. The van der Waals surface area contributed by atoms with E-state index >= 15 is 0 Å². The second-order valence-electron chi connectivity index (χ2n) is 5.41. The molecule has 126 valence electrons. The summed E-state index contributed by atoms with van der Waals surface area (Å²) in [6.45, 7) is 3.66. The Labute approximate surface area is 133 Å². The highest BCUT2D eigenvalue weighted by atomic mass is 32.2. The predicted molar refractivity (Wildman–Crippen MR) is 83.9 cm³/mol. The molecule has 1 aromatic carbocycles. The number of H-pyrrole nitrogens is 1. The van der Waals surface area contributed by atoms with Crippen molar-refractivity contribution in [1.29, 1.82) is 0 Å². The molecule has 0 radical (unpaired) electrons. The van der Waals surface area contributed by atoms with Crippen LogP contribution in [-0.4, -0.2) is 69.0 Å². The number of benzene rings is 1. The van der Waals surface area contributed by atoms with Gasteiger partial charge in [0, 0.05) is 39.8 Å². The first-order chi connectivity index (χ1) is 11.0. The number of hydrogen-bond donors (Lipinski definition) is 1. The molecular weight excluding hydrogens is 322 g/mol. The van der Waals surface area contributed by atoms with Crippen LogP contribution in [0.3, 0.4) is 0 Å². The molecule has 1 fully saturated rings. The number of methoxy groups -OCH3 is 1. The fraction of sp³-hybridized carbons (Fsp3) is 0.500. The van der Waals surface area contributed by atoms with Crippen LogP contribution in [0.25, 0.3) is 11.1 Å². The molecule has 1 N–H and O–H groups in total. The molecule has 3 rings (SSSR count). The number of oxazole rings is 1. The van der Waals surface area contributed by atoms with Crippen molar-refractivity contribution < 1.29 is 17.6 Å². The van der Waals surface area contributed by atoms with Crippen LogP contribution in [0.4, 0.5) is 0 Å². The number of aromatic amines is 1. The van der Waals surface area contributed by atoms with E-state index in [1.165, 1.54) is 22.5 Å². The highest BCUT2D eigenvalue weighted by Gasteiger charge is 2.28. The normalized spacial score (nSPS) is 17.8. The number of ether oxygens (including phenoxy) is 1. The molecule has 9 heteroatoms. The van der Waals surface area contributed by atoms with Crippen molar-refractivity contribution in [2.24, 2.45) is 0 Å². The number of rotatable bonds is 5. The third-order valence-electron chi connectivity index (χ3n) is 3.97. The lowest BCUT2D eigenvalue weighted by atomic mass is 10.3. The summed E-state index contributed by atoms with van der Waals surface area (Å²) in [6.07, 6.45) is 0. The van der Waals surface area contributed by atoms with Crippen LogP contribution in [0.15, 0.2) is 32.3 Å². The van der Waals surface area contributed by atoms with E-state index in [4.69, 9.17) is 9.15 Å². The summed E-state index contributed by atoms with van der Waals surface area (Å²) in [5.41, 5.74) is 0.730. The molecule has 8 nitrogen and oxygen atoms in total. The lowest BCUT2D eigenvalue weighted by molar-refractivity contribution is 0.123. The molecule has 23 heavy (non-hydrogen) atoms. The molecule has 0 unspecified atom stereocenters. The number of aromatic nitrogens is 1. The van der Waals surface area contributed by atoms with Crippen molar-refractivity contribution in [2.75, 3.05) is 46.4 Å². The van der Waals surface area contributed by atoms with Crippen molar-refractivity contribution in [3.63, 3.8) is 0 Å². The summed E-state index contributed by atoms with van der Waals surface area (Å²) in [5, 5.41) is 0. The lowest BCUT2D eigenvalue weighted by Gasteiger charge is -2.33. The molecule has 1 aliphatic heterocycles. The van der Waals surface area contributed by atoms with Gasteiger partial charge in [-0.05, 0) is 18.2 Å². The maximum atomic E-state index is 12.7. The van der Waals surface area contributed by atoms with E-state index in [1.807, 2.05) is 0 Å². The summed E-state index contributed by atoms with van der Waals surface area (Å²) in [5.74, 6) is -0.596. The van der Waals surface area contributed by atoms with Gasteiger partial charge in [-0.15, -0.1) is 0 Å². The van der Waals surface area contributed by atoms with Crippen molar-refractivity contribution in [1.82, 2.24) is 14.2 Å². The first kappa shape index (κ1) is 16.2. The summed E-state index contributed by atoms with van der Waals surface area (Å²) < 4.78 is 36.8. The zero-order chi connectivity index (χ0) is 16.4. The molecule has 1 aromatic heterocycles. The van der Waals surface area contributed by atoms with Gasteiger partial charge in [-0.2, -0.15) is 4.31 Å². The topological polar surface area (TPSA) is 95.8 Å². The van der Waals surface area contributed by atoms with Gasteiger partial charge in [-0.1, -0.05) is 0 Å². The minimum absolute atomic E-state index is 0.160. The molecule has 0 atom stereocenters. The van der Waals surface area contributed by atoms with Gasteiger partial charge in [-0.25, -0.2) is 13.2 Å². The summed E-state index contributed by atoms with van der Waals surface area (Å²) in [4.78, 5) is 16.0. The monoisotopic (exact) mass is 341 g/mol. The SMILES string of the molecule is COCCN1CCN(S(=O)(=O)c2ccc3oc(=O)[nH]c3c2)CC1. The van der Waals surface area contributed by atoms with Gasteiger partial charge in [-0.3, -0.25) is 9.88 Å². The largest absolute Gasteiger partial charge is 0.417 e. The average Bonchev–Trinajstić information content (AvgIpc) is 2.92. The van der Waals surface area contributed by atoms with Crippen LogP contribution in [0.5, 0.6) is 0 Å². The molecule has 2 heterocycles. The highest BCUT2D eigenvalue weighted by molar-refractivity contribution is 7.89. The minimum Gasteiger partial charge on any atom is -0.408 e. The summed E-state index contributed by atoms with van der Waals surface area (Å²) in [7, 11) is -1.93. The van der Waals surface area contributed by atoms with E-state index in [-0.39, 0.29) is 4.90 Å². The molecular formula is C14H19N3O5S. The first-order valence-corrected chi connectivity index (χ1v) is 8.79. The number of sulfonamides is 1. The van der Waals surface area contributed by atoms with E-state index in [0.717, 1.165) is 6.54 Å². The van der Waals surface area contributed by atoms with Crippen LogP contribution in [0, 0.1) is 0 Å². The Bertz CT molecular complexity index is 833. The third-order valence-corrected chi connectivity index (χ3v) is 5.87. The Balaban J connectivity index is 1.76. The fourth-order valence-corrected chi connectivity index (χ4v) is 4.10. The minimum atomic E-state index is -3.58. The van der Waals surface area contributed by atoms with Crippen molar-refractivity contribution in [3.8, 4) is 0 Å². The maximum Gasteiger partial charge on any atom is 0.417 e. The smallest absolute Gasteiger partial charge is 0.408 e. The molecule has 0 amide bonds. The van der Waals surface area contributed by atoms with Gasteiger partial charge in [0.1, 0.15) is 0 Å². The zero-order valence-corrected chi connectivity index (χ0v) is 13.6. The molecule has 0 spiro atoms. The molecule has 2 aromatic rings. The van der Waals surface area contributed by atoms with Crippen LogP contribution in [0.2, 0.25) is 0 Å². The van der Waals surface area contributed by atoms with E-state index in [2.05, 4.69) is 9.88 Å². The Hall–Kier alpha value is -1.68. The number of fused-ring (bicyclic) bond motifs is 1. The van der Waals surface area contributed by atoms with Gasteiger partial charge in [0.25, 0.3) is 0 Å². The molecule has 0 saturated carbocycles. The van der Waals surface area contributed by atoms with E-state index < -0.39 is 15.8 Å². The Morgan fingerprint density at radius 3 is 2.70 bits per heavy atom. The third kappa shape index (κ3) is 3.32. The average molecular weight is 341 g/mol. The summed E-state index contributed by atoms with van der Waals surface area (Å²) in [6, 6.07) is 4.40. The van der Waals surface area contributed by atoms with Gasteiger partial charge in [0.2, 0.25) is 10.0 Å². The van der Waals surface area contributed by atoms with Crippen LogP contribution >= 0.6 is 0 Å². The number of hydrogen-bond acceptors (Lipinski definition) is 6. The second kappa shape index (κ2) is 6.44. The number of nitrogens with one attached hydrogen (secondary N) is 1. The van der Waals surface area contributed by atoms with Crippen molar-refractivity contribution >= 4 is 21.1 Å². The summed E-state index contributed by atoms with van der Waals surface area (Å²) >= 11 is 0. The van der Waals surface area contributed by atoms with Gasteiger partial charge in [0.05, 0.1) is 17.0 Å². The zero-order valence-electron chi connectivity index (χ0n) is 12.8. The Morgan fingerprint density at radius 1 is 1.26 bits per heavy atom. The molecule has 0 bridgehead atoms. The maximum absolute atomic E-state index is 12.7. The standard InChI is InChI=1S/C14H19N3O5S/c1-21-9-8-16-4-6-17(7-5-16)23(19,20)11-2-3-13-12(10-11)15-14(18)22-13/h2-3,10H,4-9H2,1H3,(H,15,18). The van der Waals surface area contributed by atoms with E-state index in [9.17, 15) is 13.2 Å². The molecule has 1 aliphatic rings. The van der Waals surface area contributed by atoms with Gasteiger partial charge < -0.3 is 9.15 Å². The van der Waals surface area contributed by atoms with Crippen LogP contribution < -0.4 is 5.76 Å². The Morgan fingerprint density at radius 2 is 2.00 bits per heavy atom.